The van der Waals surface area contributed by atoms with Crippen molar-refractivity contribution in [2.75, 3.05) is 13.2 Å². The zero-order chi connectivity index (χ0) is 12.3. The minimum atomic E-state index is 0.255. The van der Waals surface area contributed by atoms with Gasteiger partial charge in [-0.2, -0.15) is 0 Å². The molecule has 3 N–H and O–H groups in total. The lowest BCUT2D eigenvalue weighted by atomic mass is 10.1. The second kappa shape index (κ2) is 5.58. The fourth-order valence-electron chi connectivity index (χ4n) is 2.32. The Morgan fingerprint density at radius 2 is 2.12 bits per heavy atom. The summed E-state index contributed by atoms with van der Waals surface area (Å²) in [5.74, 6) is 0. The molecule has 17 heavy (non-hydrogen) atoms. The molecule has 0 aliphatic carbocycles. The molecule has 0 saturated carbocycles. The summed E-state index contributed by atoms with van der Waals surface area (Å²) in [5, 5.41) is 9.26. The molecule has 0 radical (unpaired) electrons. The molecule has 1 aliphatic rings. The maximum absolute atomic E-state index is 9.26. The predicted molar refractivity (Wildman–Crippen MR) is 72.8 cm³/mol. The molecule has 0 bridgehead atoms. The molecule has 1 aromatic rings. The van der Waals surface area contributed by atoms with E-state index in [1.54, 1.807) is 0 Å². The van der Waals surface area contributed by atoms with Gasteiger partial charge in [-0.15, -0.1) is 0 Å². The van der Waals surface area contributed by atoms with Crippen LogP contribution in [0.3, 0.4) is 0 Å². The largest absolute Gasteiger partial charge is 0.395 e. The molecule has 0 amide bonds. The number of aliphatic hydroxyl groups is 1. The minimum absolute atomic E-state index is 0.255. The lowest BCUT2D eigenvalue weighted by Crippen LogP contribution is -2.31. The highest BCUT2D eigenvalue weighted by Gasteiger charge is 2.23. The van der Waals surface area contributed by atoms with Crippen molar-refractivity contribution in [1.82, 2.24) is 4.90 Å². The van der Waals surface area contributed by atoms with E-state index in [0.717, 1.165) is 25.1 Å². The van der Waals surface area contributed by atoms with Gasteiger partial charge in [0.15, 0.2) is 0 Å². The van der Waals surface area contributed by atoms with Gasteiger partial charge < -0.3 is 10.8 Å². The fourth-order valence-corrected chi connectivity index (χ4v) is 2.46. The van der Waals surface area contributed by atoms with E-state index in [1.807, 2.05) is 12.1 Å². The second-order valence-corrected chi connectivity index (χ2v) is 4.95. The van der Waals surface area contributed by atoms with Gasteiger partial charge in [-0.1, -0.05) is 36.5 Å². The van der Waals surface area contributed by atoms with E-state index in [9.17, 15) is 5.11 Å². The van der Waals surface area contributed by atoms with Crippen molar-refractivity contribution < 1.29 is 5.11 Å². The van der Waals surface area contributed by atoms with Crippen LogP contribution in [0.15, 0.2) is 24.3 Å². The molecule has 2 rings (SSSR count). The molecule has 1 saturated heterocycles. The molecular formula is C13H18N2OS. The van der Waals surface area contributed by atoms with Crippen molar-refractivity contribution >= 4 is 17.2 Å². The Morgan fingerprint density at radius 1 is 1.41 bits per heavy atom. The summed E-state index contributed by atoms with van der Waals surface area (Å²) in [6.45, 7) is 2.22. The van der Waals surface area contributed by atoms with Crippen LogP contribution >= 0.6 is 12.2 Å². The van der Waals surface area contributed by atoms with Crippen molar-refractivity contribution in [3.8, 4) is 0 Å². The first-order valence-corrected chi connectivity index (χ1v) is 6.35. The predicted octanol–water partition coefficient (Wildman–Crippen LogP) is 1.28. The van der Waals surface area contributed by atoms with Crippen LogP contribution < -0.4 is 5.73 Å². The maximum atomic E-state index is 9.26. The summed E-state index contributed by atoms with van der Waals surface area (Å²) >= 11 is 4.92. The number of hydrogen-bond donors (Lipinski definition) is 2. The summed E-state index contributed by atoms with van der Waals surface area (Å²) in [7, 11) is 0. The molecule has 92 valence electrons. The van der Waals surface area contributed by atoms with Crippen molar-refractivity contribution in [2.45, 2.75) is 25.4 Å². The highest BCUT2D eigenvalue weighted by Crippen LogP contribution is 2.19. The SMILES string of the molecule is NC(=S)c1ccc(CN2CCCC2CO)cc1. The van der Waals surface area contributed by atoms with E-state index in [2.05, 4.69) is 17.0 Å². The molecule has 1 atom stereocenters. The smallest absolute Gasteiger partial charge is 0.103 e. The highest BCUT2D eigenvalue weighted by atomic mass is 32.1. The van der Waals surface area contributed by atoms with Gasteiger partial charge in [-0.05, 0) is 24.9 Å². The highest BCUT2D eigenvalue weighted by molar-refractivity contribution is 7.80. The summed E-state index contributed by atoms with van der Waals surface area (Å²) in [6, 6.07) is 8.36. The molecule has 1 unspecified atom stereocenters. The number of likely N-dealkylation sites (tertiary alicyclic amines) is 1. The number of thiocarbonyl (C=S) groups is 1. The molecular weight excluding hydrogens is 232 g/mol. The molecule has 1 aliphatic heterocycles. The maximum Gasteiger partial charge on any atom is 0.103 e. The number of benzene rings is 1. The molecule has 0 aromatic heterocycles. The van der Waals surface area contributed by atoms with Gasteiger partial charge in [0, 0.05) is 18.2 Å². The van der Waals surface area contributed by atoms with Gasteiger partial charge in [0.05, 0.1) is 6.61 Å². The Labute approximate surface area is 107 Å². The van der Waals surface area contributed by atoms with Crippen LogP contribution in [0.1, 0.15) is 24.0 Å². The molecule has 1 heterocycles. The van der Waals surface area contributed by atoms with Crippen molar-refractivity contribution in [3.05, 3.63) is 35.4 Å². The third-order valence-electron chi connectivity index (χ3n) is 3.33. The zero-order valence-corrected chi connectivity index (χ0v) is 10.6. The van der Waals surface area contributed by atoms with Crippen molar-refractivity contribution in [1.29, 1.82) is 0 Å². The van der Waals surface area contributed by atoms with Gasteiger partial charge in [-0.3, -0.25) is 4.90 Å². The number of rotatable bonds is 4. The van der Waals surface area contributed by atoms with E-state index in [-0.39, 0.29) is 6.61 Å². The average Bonchev–Trinajstić information content (AvgIpc) is 2.77. The molecule has 1 fully saturated rings. The average molecular weight is 250 g/mol. The minimum Gasteiger partial charge on any atom is -0.395 e. The lowest BCUT2D eigenvalue weighted by molar-refractivity contribution is 0.153. The number of aliphatic hydroxyl groups excluding tert-OH is 1. The van der Waals surface area contributed by atoms with E-state index in [4.69, 9.17) is 18.0 Å². The summed E-state index contributed by atoms with van der Waals surface area (Å²) < 4.78 is 0. The van der Waals surface area contributed by atoms with Crippen molar-refractivity contribution in [2.24, 2.45) is 5.73 Å². The van der Waals surface area contributed by atoms with Crippen LogP contribution in [0.25, 0.3) is 0 Å². The number of hydrogen-bond acceptors (Lipinski definition) is 3. The molecule has 1 aromatic carbocycles. The van der Waals surface area contributed by atoms with Crippen LogP contribution in [0.4, 0.5) is 0 Å². The van der Waals surface area contributed by atoms with Crippen LogP contribution in [0, 0.1) is 0 Å². The first-order chi connectivity index (χ1) is 8.20. The van der Waals surface area contributed by atoms with Gasteiger partial charge >= 0.3 is 0 Å². The Balaban J connectivity index is 2.01. The van der Waals surface area contributed by atoms with Crippen molar-refractivity contribution in [3.63, 3.8) is 0 Å². The quantitative estimate of drug-likeness (QED) is 0.790. The molecule has 0 spiro atoms. The topological polar surface area (TPSA) is 49.5 Å². The van der Waals surface area contributed by atoms with Crippen LogP contribution in [0.5, 0.6) is 0 Å². The standard InChI is InChI=1S/C13H18N2OS/c14-13(17)11-5-3-10(4-6-11)8-15-7-1-2-12(15)9-16/h3-6,12,16H,1-2,7-9H2,(H2,14,17). The third-order valence-corrected chi connectivity index (χ3v) is 3.57. The Kier molecular flexibility index (Phi) is 4.10. The lowest BCUT2D eigenvalue weighted by Gasteiger charge is -2.22. The van der Waals surface area contributed by atoms with Gasteiger partial charge in [-0.25, -0.2) is 0 Å². The Hall–Kier alpha value is -0.970. The number of nitrogens with zero attached hydrogens (tertiary/aromatic N) is 1. The summed E-state index contributed by atoms with van der Waals surface area (Å²) in [6.07, 6.45) is 2.28. The molecule has 3 nitrogen and oxygen atoms in total. The number of nitrogens with two attached hydrogens (primary N) is 1. The Bertz CT molecular complexity index is 391. The first kappa shape index (κ1) is 12.5. The van der Waals surface area contributed by atoms with Gasteiger partial charge in [0.2, 0.25) is 0 Å². The summed E-state index contributed by atoms with van der Waals surface area (Å²) in [5.41, 5.74) is 7.71. The van der Waals surface area contributed by atoms with Gasteiger partial charge in [0.25, 0.3) is 0 Å². The second-order valence-electron chi connectivity index (χ2n) is 4.51. The monoisotopic (exact) mass is 250 g/mol. The third kappa shape index (κ3) is 3.03. The normalized spacial score (nSPS) is 20.6. The first-order valence-electron chi connectivity index (χ1n) is 5.94. The fraction of sp³-hybridized carbons (Fsp3) is 0.462. The molecule has 4 heteroatoms. The van der Waals surface area contributed by atoms with E-state index >= 15 is 0 Å². The van der Waals surface area contributed by atoms with E-state index < -0.39 is 0 Å². The van der Waals surface area contributed by atoms with E-state index in [0.29, 0.717) is 11.0 Å². The Morgan fingerprint density at radius 3 is 2.71 bits per heavy atom. The summed E-state index contributed by atoms with van der Waals surface area (Å²) in [4.78, 5) is 2.77. The van der Waals surface area contributed by atoms with Crippen LogP contribution in [-0.4, -0.2) is 34.2 Å². The van der Waals surface area contributed by atoms with E-state index in [1.165, 1.54) is 12.0 Å². The zero-order valence-electron chi connectivity index (χ0n) is 9.80. The van der Waals surface area contributed by atoms with Gasteiger partial charge in [0.1, 0.15) is 4.99 Å². The van der Waals surface area contributed by atoms with Crippen LogP contribution in [-0.2, 0) is 6.54 Å². The van der Waals surface area contributed by atoms with Crippen LogP contribution in [0.2, 0.25) is 0 Å².